The van der Waals surface area contributed by atoms with Crippen molar-refractivity contribution in [2.75, 3.05) is 7.11 Å². The third-order valence-electron chi connectivity index (χ3n) is 2.59. The number of hydrogen-bond donors (Lipinski definition) is 0. The van der Waals surface area contributed by atoms with Gasteiger partial charge in [0, 0.05) is 6.07 Å². The average molecular weight is 344 g/mol. The fraction of sp³-hybridized carbons (Fsp3) is 0.467. The fourth-order valence-corrected chi connectivity index (χ4v) is 1.96. The summed E-state index contributed by atoms with van der Waals surface area (Å²) in [6, 6.07) is 1.36. The molecule has 0 bridgehead atoms. The van der Waals surface area contributed by atoms with Crippen LogP contribution in [0.2, 0.25) is 5.02 Å². The number of nitrogens with zero attached hydrogens (tertiary/aromatic N) is 3. The topological polar surface area (TPSA) is 91.3 Å². The molecule has 0 radical (unpaired) electrons. The van der Waals surface area contributed by atoms with E-state index in [1.807, 2.05) is 27.7 Å². The second kappa shape index (κ2) is 9.78. The van der Waals surface area contributed by atoms with Crippen molar-refractivity contribution in [1.82, 2.24) is 10.1 Å². The van der Waals surface area contributed by atoms with E-state index in [0.29, 0.717) is 22.8 Å². The SMILES string of the molecule is CC.CC.COc1cc(Cl)c([N+](=O)[O-])nc1-c1c(C)noc1C. The van der Waals surface area contributed by atoms with Crippen LogP contribution in [0.5, 0.6) is 5.75 Å². The first-order valence-corrected chi connectivity index (χ1v) is 7.65. The van der Waals surface area contributed by atoms with E-state index >= 15 is 0 Å². The number of aromatic nitrogens is 2. The monoisotopic (exact) mass is 343 g/mol. The van der Waals surface area contributed by atoms with Gasteiger partial charge in [-0.05, 0) is 23.8 Å². The maximum Gasteiger partial charge on any atom is 0.383 e. The van der Waals surface area contributed by atoms with E-state index < -0.39 is 10.7 Å². The number of hydrogen-bond acceptors (Lipinski definition) is 6. The van der Waals surface area contributed by atoms with Crippen molar-refractivity contribution in [3.05, 3.63) is 32.7 Å². The van der Waals surface area contributed by atoms with Gasteiger partial charge in [0.15, 0.2) is 5.75 Å². The molecule has 0 unspecified atom stereocenters. The second-order valence-corrected chi connectivity index (χ2v) is 4.21. The van der Waals surface area contributed by atoms with Crippen molar-refractivity contribution in [2.24, 2.45) is 0 Å². The van der Waals surface area contributed by atoms with E-state index in [0.717, 1.165) is 0 Å². The van der Waals surface area contributed by atoms with E-state index in [1.165, 1.54) is 13.2 Å². The van der Waals surface area contributed by atoms with Gasteiger partial charge >= 0.3 is 5.82 Å². The molecule has 0 aliphatic rings. The molecule has 2 rings (SSSR count). The molecule has 0 fully saturated rings. The molecule has 0 saturated carbocycles. The van der Waals surface area contributed by atoms with Crippen molar-refractivity contribution in [1.29, 1.82) is 0 Å². The van der Waals surface area contributed by atoms with Crippen LogP contribution in [-0.4, -0.2) is 22.2 Å². The maximum atomic E-state index is 10.9. The van der Waals surface area contributed by atoms with Crippen molar-refractivity contribution in [3.63, 3.8) is 0 Å². The average Bonchev–Trinajstić information content (AvgIpc) is 2.89. The summed E-state index contributed by atoms with van der Waals surface area (Å²) < 4.78 is 10.2. The Bertz CT molecular complexity index is 637. The Hall–Kier alpha value is -2.15. The van der Waals surface area contributed by atoms with Crippen LogP contribution in [-0.2, 0) is 0 Å². The minimum absolute atomic E-state index is 0.0858. The van der Waals surface area contributed by atoms with Crippen LogP contribution < -0.4 is 4.74 Å². The first kappa shape index (κ1) is 20.9. The van der Waals surface area contributed by atoms with E-state index in [1.54, 1.807) is 13.8 Å². The minimum Gasteiger partial charge on any atom is -0.492 e. The Morgan fingerprint density at radius 1 is 1.26 bits per heavy atom. The molecule has 0 saturated heterocycles. The Kier molecular flexibility index (Phi) is 8.87. The lowest BCUT2D eigenvalue weighted by Gasteiger charge is -2.05. The molecule has 0 spiro atoms. The van der Waals surface area contributed by atoms with Crippen LogP contribution in [0.15, 0.2) is 10.6 Å². The summed E-state index contributed by atoms with van der Waals surface area (Å²) >= 11 is 5.79. The molecule has 0 aliphatic carbocycles. The Labute approximate surface area is 140 Å². The number of halogens is 1. The van der Waals surface area contributed by atoms with Gasteiger partial charge in [0.25, 0.3) is 0 Å². The number of rotatable bonds is 3. The molecule has 0 aromatic carbocycles. The molecule has 0 aliphatic heterocycles. The molecule has 0 amide bonds. The Morgan fingerprint density at radius 3 is 2.22 bits per heavy atom. The lowest BCUT2D eigenvalue weighted by atomic mass is 10.1. The molecule has 23 heavy (non-hydrogen) atoms. The van der Waals surface area contributed by atoms with E-state index in [2.05, 4.69) is 10.1 Å². The molecule has 2 aromatic rings. The van der Waals surface area contributed by atoms with E-state index in [9.17, 15) is 10.1 Å². The molecule has 7 nitrogen and oxygen atoms in total. The maximum absolute atomic E-state index is 10.9. The standard InChI is InChI=1S/C11H10ClN3O4.2C2H6/c1-5-9(6(2)19-14-5)10-8(18-3)4-7(12)11(13-10)15(16)17;2*1-2/h4H,1-3H3;2*1-2H3. The highest BCUT2D eigenvalue weighted by Crippen LogP contribution is 2.37. The largest absolute Gasteiger partial charge is 0.492 e. The van der Waals surface area contributed by atoms with Crippen molar-refractivity contribution in [3.8, 4) is 17.0 Å². The van der Waals surface area contributed by atoms with Gasteiger partial charge in [0.1, 0.15) is 10.8 Å². The van der Waals surface area contributed by atoms with Crippen LogP contribution in [0.4, 0.5) is 5.82 Å². The van der Waals surface area contributed by atoms with Gasteiger partial charge in [0.05, 0.1) is 18.4 Å². The van der Waals surface area contributed by atoms with Gasteiger partial charge in [-0.1, -0.05) is 44.5 Å². The zero-order valence-electron chi connectivity index (χ0n) is 14.4. The fourth-order valence-electron chi connectivity index (χ4n) is 1.75. The smallest absolute Gasteiger partial charge is 0.383 e. The van der Waals surface area contributed by atoms with Gasteiger partial charge < -0.3 is 19.4 Å². The lowest BCUT2D eigenvalue weighted by molar-refractivity contribution is -0.389. The molecule has 2 aromatic heterocycles. The molecule has 0 atom stereocenters. The highest BCUT2D eigenvalue weighted by atomic mass is 35.5. The highest BCUT2D eigenvalue weighted by molar-refractivity contribution is 6.32. The minimum atomic E-state index is -0.649. The third kappa shape index (κ3) is 4.66. The van der Waals surface area contributed by atoms with Gasteiger partial charge in [-0.3, -0.25) is 0 Å². The van der Waals surface area contributed by atoms with E-state index in [4.69, 9.17) is 20.9 Å². The van der Waals surface area contributed by atoms with Gasteiger partial charge in [-0.25, -0.2) is 0 Å². The second-order valence-electron chi connectivity index (χ2n) is 3.80. The summed E-state index contributed by atoms with van der Waals surface area (Å²) in [6.07, 6.45) is 0. The highest BCUT2D eigenvalue weighted by Gasteiger charge is 2.27. The summed E-state index contributed by atoms with van der Waals surface area (Å²) in [5.74, 6) is 0.391. The number of pyridine rings is 1. The zero-order chi connectivity index (χ0) is 18.2. The summed E-state index contributed by atoms with van der Waals surface area (Å²) in [5, 5.41) is 14.6. The molecular formula is C15H22ClN3O4. The number of nitro groups is 1. The Morgan fingerprint density at radius 2 is 1.83 bits per heavy atom. The van der Waals surface area contributed by atoms with Gasteiger partial charge in [0.2, 0.25) is 5.69 Å². The number of ether oxygens (including phenoxy) is 1. The van der Waals surface area contributed by atoms with Gasteiger partial charge in [-0.15, -0.1) is 0 Å². The molecule has 2 heterocycles. The quantitative estimate of drug-likeness (QED) is 0.576. The summed E-state index contributed by atoms with van der Waals surface area (Å²) in [5.41, 5.74) is 1.42. The van der Waals surface area contributed by atoms with Crippen LogP contribution >= 0.6 is 11.6 Å². The summed E-state index contributed by atoms with van der Waals surface area (Å²) in [6.45, 7) is 11.4. The van der Waals surface area contributed by atoms with Crippen LogP contribution in [0, 0.1) is 24.0 Å². The van der Waals surface area contributed by atoms with Crippen LogP contribution in [0.1, 0.15) is 39.1 Å². The first-order valence-electron chi connectivity index (χ1n) is 7.27. The van der Waals surface area contributed by atoms with Crippen LogP contribution in [0.3, 0.4) is 0 Å². The van der Waals surface area contributed by atoms with Gasteiger partial charge in [-0.2, -0.15) is 0 Å². The molecular weight excluding hydrogens is 322 g/mol. The van der Waals surface area contributed by atoms with Crippen molar-refractivity contribution >= 4 is 17.4 Å². The number of methoxy groups -OCH3 is 1. The normalized spacial score (nSPS) is 9.22. The molecule has 8 heteroatoms. The predicted molar refractivity (Wildman–Crippen MR) is 90.1 cm³/mol. The summed E-state index contributed by atoms with van der Waals surface area (Å²) in [4.78, 5) is 14.2. The first-order chi connectivity index (χ1) is 11.0. The van der Waals surface area contributed by atoms with E-state index in [-0.39, 0.29) is 10.7 Å². The lowest BCUT2D eigenvalue weighted by Crippen LogP contribution is -1.99. The van der Waals surface area contributed by atoms with Crippen molar-refractivity contribution < 1.29 is 14.2 Å². The van der Waals surface area contributed by atoms with Crippen LogP contribution in [0.25, 0.3) is 11.3 Å². The molecule has 0 N–H and O–H groups in total. The zero-order valence-corrected chi connectivity index (χ0v) is 15.2. The number of aryl methyl sites for hydroxylation is 2. The Balaban J connectivity index is 0.00000112. The third-order valence-corrected chi connectivity index (χ3v) is 2.86. The summed E-state index contributed by atoms with van der Waals surface area (Å²) in [7, 11) is 1.43. The van der Waals surface area contributed by atoms with Crippen molar-refractivity contribution in [2.45, 2.75) is 41.5 Å². The predicted octanol–water partition coefficient (Wildman–Crippen LogP) is 4.98. The molecule has 128 valence electrons.